The zero-order valence-corrected chi connectivity index (χ0v) is 7.87. The topological polar surface area (TPSA) is 71.3 Å². The molecule has 0 saturated carbocycles. The SMILES string of the molecule is C[C@H]1NC(=O)c2cc(=O)n(C)c(O)c21. The number of nitrogens with one attached hydrogen (secondary N) is 1. The van der Waals surface area contributed by atoms with E-state index in [2.05, 4.69) is 5.32 Å². The molecule has 0 spiro atoms. The third-order valence-corrected chi connectivity index (χ3v) is 2.47. The summed E-state index contributed by atoms with van der Waals surface area (Å²) in [5, 5.41) is 12.3. The molecule has 14 heavy (non-hydrogen) atoms. The fraction of sp³-hybridized carbons (Fsp3) is 0.333. The van der Waals surface area contributed by atoms with Crippen LogP contribution in [0.1, 0.15) is 28.9 Å². The number of rotatable bonds is 0. The van der Waals surface area contributed by atoms with Crippen molar-refractivity contribution in [3.63, 3.8) is 0 Å². The lowest BCUT2D eigenvalue weighted by Gasteiger charge is -2.08. The molecule has 5 heteroatoms. The van der Waals surface area contributed by atoms with Crippen molar-refractivity contribution >= 4 is 5.91 Å². The van der Waals surface area contributed by atoms with Gasteiger partial charge in [0.2, 0.25) is 0 Å². The number of carbonyl (C=O) groups is 1. The molecule has 2 rings (SSSR count). The van der Waals surface area contributed by atoms with Gasteiger partial charge in [-0.25, -0.2) is 0 Å². The van der Waals surface area contributed by atoms with Gasteiger partial charge in [0.1, 0.15) is 0 Å². The molecular weight excluding hydrogens is 184 g/mol. The number of carbonyl (C=O) groups excluding carboxylic acids is 1. The molecule has 1 atom stereocenters. The molecule has 1 aromatic heterocycles. The van der Waals surface area contributed by atoms with Crippen molar-refractivity contribution in [3.8, 4) is 5.88 Å². The van der Waals surface area contributed by atoms with Gasteiger partial charge >= 0.3 is 0 Å². The van der Waals surface area contributed by atoms with Gasteiger partial charge in [-0.05, 0) is 6.92 Å². The molecule has 0 aliphatic carbocycles. The lowest BCUT2D eigenvalue weighted by molar-refractivity contribution is 0.0958. The molecule has 1 aliphatic heterocycles. The standard InChI is InChI=1S/C9H10N2O3/c1-4-7-5(8(13)10-4)3-6(12)11(2)9(7)14/h3-4,14H,1-2H3,(H,10,13)/t4-/m1/s1. The quantitative estimate of drug-likeness (QED) is 0.605. The highest BCUT2D eigenvalue weighted by molar-refractivity contribution is 5.99. The van der Waals surface area contributed by atoms with Crippen molar-refractivity contribution in [3.05, 3.63) is 27.5 Å². The summed E-state index contributed by atoms with van der Waals surface area (Å²) in [6, 6.07) is 0.998. The van der Waals surface area contributed by atoms with Gasteiger partial charge in [-0.3, -0.25) is 14.2 Å². The fourth-order valence-corrected chi connectivity index (χ4v) is 1.66. The van der Waals surface area contributed by atoms with E-state index in [0.717, 1.165) is 4.57 Å². The van der Waals surface area contributed by atoms with Crippen molar-refractivity contribution in [1.29, 1.82) is 0 Å². The zero-order chi connectivity index (χ0) is 10.5. The van der Waals surface area contributed by atoms with Gasteiger partial charge in [0.25, 0.3) is 11.5 Å². The molecule has 0 radical (unpaired) electrons. The molecule has 2 N–H and O–H groups in total. The number of fused-ring (bicyclic) bond motifs is 1. The van der Waals surface area contributed by atoms with Crippen molar-refractivity contribution < 1.29 is 9.90 Å². The second kappa shape index (κ2) is 2.60. The van der Waals surface area contributed by atoms with Crippen LogP contribution in [0.3, 0.4) is 0 Å². The summed E-state index contributed by atoms with van der Waals surface area (Å²) in [6.45, 7) is 1.76. The maximum Gasteiger partial charge on any atom is 0.253 e. The summed E-state index contributed by atoms with van der Waals surface area (Å²) >= 11 is 0. The Morgan fingerprint density at radius 3 is 2.79 bits per heavy atom. The monoisotopic (exact) mass is 194 g/mol. The smallest absolute Gasteiger partial charge is 0.253 e. The molecule has 0 unspecified atom stereocenters. The van der Waals surface area contributed by atoms with E-state index in [1.807, 2.05) is 0 Å². The van der Waals surface area contributed by atoms with Crippen molar-refractivity contribution in [2.75, 3.05) is 0 Å². The van der Waals surface area contributed by atoms with Crippen LogP contribution in [-0.4, -0.2) is 15.6 Å². The van der Waals surface area contributed by atoms with E-state index >= 15 is 0 Å². The van der Waals surface area contributed by atoms with Crippen LogP contribution in [0, 0.1) is 0 Å². The molecule has 0 saturated heterocycles. The molecule has 5 nitrogen and oxygen atoms in total. The van der Waals surface area contributed by atoms with Crippen LogP contribution >= 0.6 is 0 Å². The minimum Gasteiger partial charge on any atom is -0.494 e. The molecule has 74 valence electrons. The highest BCUT2D eigenvalue weighted by Crippen LogP contribution is 2.30. The first-order valence-corrected chi connectivity index (χ1v) is 4.26. The Morgan fingerprint density at radius 1 is 1.50 bits per heavy atom. The Bertz CT molecular complexity index is 476. The summed E-state index contributed by atoms with van der Waals surface area (Å²) < 4.78 is 1.12. The Hall–Kier alpha value is -1.78. The minimum absolute atomic E-state index is 0.140. The van der Waals surface area contributed by atoms with E-state index in [1.54, 1.807) is 6.92 Å². The van der Waals surface area contributed by atoms with Gasteiger partial charge in [-0.2, -0.15) is 0 Å². The van der Waals surface area contributed by atoms with Gasteiger partial charge in [-0.15, -0.1) is 0 Å². The molecule has 1 amide bonds. The summed E-state index contributed by atoms with van der Waals surface area (Å²) in [7, 11) is 1.47. The number of pyridine rings is 1. The van der Waals surface area contributed by atoms with E-state index in [0.29, 0.717) is 5.56 Å². The van der Waals surface area contributed by atoms with Gasteiger partial charge in [0, 0.05) is 18.7 Å². The zero-order valence-electron chi connectivity index (χ0n) is 7.87. The summed E-state index contributed by atoms with van der Waals surface area (Å²) in [6.07, 6.45) is 0. The third kappa shape index (κ3) is 0.951. The Balaban J connectivity index is 2.83. The summed E-state index contributed by atoms with van der Waals surface area (Å²) in [5.74, 6) is -0.446. The molecule has 0 aromatic carbocycles. The molecular formula is C9H10N2O3. The number of amides is 1. The molecule has 0 fully saturated rings. The van der Waals surface area contributed by atoms with E-state index in [9.17, 15) is 14.7 Å². The second-order valence-electron chi connectivity index (χ2n) is 3.39. The van der Waals surface area contributed by atoms with Gasteiger partial charge in [0.05, 0.1) is 11.6 Å². The average Bonchev–Trinajstić information content (AvgIpc) is 2.38. The molecule has 1 aromatic rings. The molecule has 0 bridgehead atoms. The lowest BCUT2D eigenvalue weighted by atomic mass is 10.1. The normalized spacial score (nSPS) is 19.3. The van der Waals surface area contributed by atoms with Crippen LogP contribution in [-0.2, 0) is 7.05 Å². The molecule has 2 heterocycles. The van der Waals surface area contributed by atoms with Gasteiger partial charge < -0.3 is 10.4 Å². The predicted molar refractivity (Wildman–Crippen MR) is 49.2 cm³/mol. The third-order valence-electron chi connectivity index (χ3n) is 2.47. The average molecular weight is 194 g/mol. The second-order valence-corrected chi connectivity index (χ2v) is 3.39. The number of hydrogen-bond acceptors (Lipinski definition) is 3. The largest absolute Gasteiger partial charge is 0.494 e. The first-order chi connectivity index (χ1) is 6.52. The maximum absolute atomic E-state index is 11.3. The van der Waals surface area contributed by atoms with E-state index in [-0.39, 0.29) is 29.0 Å². The van der Waals surface area contributed by atoms with E-state index < -0.39 is 0 Å². The highest BCUT2D eigenvalue weighted by Gasteiger charge is 2.30. The van der Waals surface area contributed by atoms with Crippen LogP contribution in [0.25, 0.3) is 0 Å². The lowest BCUT2D eigenvalue weighted by Crippen LogP contribution is -2.18. The fourth-order valence-electron chi connectivity index (χ4n) is 1.66. The predicted octanol–water partition coefficient (Wildman–Crippen LogP) is -0.105. The Morgan fingerprint density at radius 2 is 2.14 bits per heavy atom. The number of aromatic hydroxyl groups is 1. The number of nitrogens with zero attached hydrogens (tertiary/aromatic N) is 1. The highest BCUT2D eigenvalue weighted by atomic mass is 16.3. The Kier molecular flexibility index (Phi) is 1.64. The number of hydrogen-bond donors (Lipinski definition) is 2. The maximum atomic E-state index is 11.3. The van der Waals surface area contributed by atoms with E-state index in [4.69, 9.17) is 0 Å². The van der Waals surface area contributed by atoms with Crippen LogP contribution in [0.15, 0.2) is 10.9 Å². The summed E-state index contributed by atoms with van der Waals surface area (Å²) in [5.41, 5.74) is 0.390. The molecule has 1 aliphatic rings. The van der Waals surface area contributed by atoms with Crippen LogP contribution < -0.4 is 10.9 Å². The van der Waals surface area contributed by atoms with Gasteiger partial charge in [0.15, 0.2) is 5.88 Å². The summed E-state index contributed by atoms with van der Waals surface area (Å²) in [4.78, 5) is 22.6. The van der Waals surface area contributed by atoms with Crippen molar-refractivity contribution in [2.45, 2.75) is 13.0 Å². The first-order valence-electron chi connectivity index (χ1n) is 4.26. The van der Waals surface area contributed by atoms with Gasteiger partial charge in [-0.1, -0.05) is 0 Å². The number of aromatic nitrogens is 1. The van der Waals surface area contributed by atoms with Crippen molar-refractivity contribution in [2.24, 2.45) is 7.05 Å². The van der Waals surface area contributed by atoms with E-state index in [1.165, 1.54) is 13.1 Å². The first kappa shape index (κ1) is 8.80. The van der Waals surface area contributed by atoms with Crippen LogP contribution in [0.5, 0.6) is 5.88 Å². The van der Waals surface area contributed by atoms with Crippen LogP contribution in [0.4, 0.5) is 0 Å². The van der Waals surface area contributed by atoms with Crippen molar-refractivity contribution in [1.82, 2.24) is 9.88 Å². The Labute approximate surface area is 80.0 Å². The minimum atomic E-state index is -0.384. The van der Waals surface area contributed by atoms with Crippen LogP contribution in [0.2, 0.25) is 0 Å².